The van der Waals surface area contributed by atoms with Crippen molar-refractivity contribution in [1.82, 2.24) is 14.5 Å². The second-order valence-corrected chi connectivity index (χ2v) is 12.0. The minimum Gasteiger partial charge on any atom is -0.301 e. The van der Waals surface area contributed by atoms with Crippen molar-refractivity contribution in [2.45, 2.75) is 62.1 Å². The first-order chi connectivity index (χ1) is 18.6. The van der Waals surface area contributed by atoms with Gasteiger partial charge < -0.3 is 5.32 Å². The van der Waals surface area contributed by atoms with Gasteiger partial charge in [0.15, 0.2) is 10.3 Å². The number of aromatic nitrogens is 3. The van der Waals surface area contributed by atoms with Gasteiger partial charge in [-0.3, -0.25) is 14.2 Å². The zero-order valence-corrected chi connectivity index (χ0v) is 22.8. The van der Waals surface area contributed by atoms with Crippen molar-refractivity contribution in [1.29, 1.82) is 0 Å². The first-order valence-electron chi connectivity index (χ1n) is 13.2. The fourth-order valence-electron chi connectivity index (χ4n) is 5.99. The second-order valence-electron chi connectivity index (χ2n) is 10.2. The number of carbonyl (C=O) groups excluding carboxylic acids is 1. The minimum absolute atomic E-state index is 0.0603. The van der Waals surface area contributed by atoms with E-state index in [0.29, 0.717) is 16.8 Å². The molecule has 1 spiro atoms. The summed E-state index contributed by atoms with van der Waals surface area (Å²) in [6.45, 7) is 0.525. The Morgan fingerprint density at radius 3 is 2.63 bits per heavy atom. The lowest BCUT2D eigenvalue weighted by Gasteiger charge is -2.42. The molecule has 6 nitrogen and oxygen atoms in total. The van der Waals surface area contributed by atoms with Crippen LogP contribution in [0.5, 0.6) is 0 Å². The minimum atomic E-state index is -0.161. The molecule has 1 amide bonds. The number of rotatable bonds is 7. The van der Waals surface area contributed by atoms with Crippen molar-refractivity contribution in [2.75, 3.05) is 11.1 Å². The van der Waals surface area contributed by atoms with Crippen LogP contribution in [-0.4, -0.2) is 26.2 Å². The molecule has 0 unspecified atom stereocenters. The molecule has 1 fully saturated rings. The summed E-state index contributed by atoms with van der Waals surface area (Å²) >= 11 is 2.71. The molecule has 8 heteroatoms. The SMILES string of the molecule is O=C(CSc1nc2c(c(=O)n1CCc1ccccc1)C1(CCCCC1)Cc1ccccc1-2)Nc1nccs1. The summed E-state index contributed by atoms with van der Waals surface area (Å²) in [6.07, 6.45) is 8.82. The van der Waals surface area contributed by atoms with Gasteiger partial charge in [-0.2, -0.15) is 0 Å². The van der Waals surface area contributed by atoms with Crippen LogP contribution in [0.2, 0.25) is 0 Å². The monoisotopic (exact) mass is 542 g/mol. The molecule has 2 aliphatic rings. The van der Waals surface area contributed by atoms with E-state index in [0.717, 1.165) is 55.3 Å². The third-order valence-electron chi connectivity index (χ3n) is 7.75. The fourth-order valence-corrected chi connectivity index (χ4v) is 7.35. The van der Waals surface area contributed by atoms with Gasteiger partial charge in [0.25, 0.3) is 5.56 Å². The number of anilines is 1. The maximum Gasteiger partial charge on any atom is 0.258 e. The molecule has 4 aromatic rings. The second kappa shape index (κ2) is 10.9. The molecule has 0 atom stereocenters. The van der Waals surface area contributed by atoms with Crippen LogP contribution in [0.25, 0.3) is 11.3 Å². The van der Waals surface area contributed by atoms with E-state index >= 15 is 0 Å². The molecular formula is C30H30N4O2S2. The number of aryl methyl sites for hydroxylation is 1. The summed E-state index contributed by atoms with van der Waals surface area (Å²) in [5.41, 5.74) is 5.11. The highest BCUT2D eigenvalue weighted by Gasteiger charge is 2.43. The number of thiazole rings is 1. The topological polar surface area (TPSA) is 76.9 Å². The first kappa shape index (κ1) is 25.1. The molecule has 2 aliphatic carbocycles. The average Bonchev–Trinajstić information content (AvgIpc) is 3.45. The third kappa shape index (κ3) is 4.95. The van der Waals surface area contributed by atoms with Gasteiger partial charge in [-0.25, -0.2) is 9.97 Å². The molecule has 6 rings (SSSR count). The van der Waals surface area contributed by atoms with E-state index < -0.39 is 0 Å². The zero-order chi connectivity index (χ0) is 26.0. The van der Waals surface area contributed by atoms with Crippen molar-refractivity contribution < 1.29 is 4.79 Å². The highest BCUT2D eigenvalue weighted by atomic mass is 32.2. The quantitative estimate of drug-likeness (QED) is 0.226. The summed E-state index contributed by atoms with van der Waals surface area (Å²) in [5.74, 6) is -0.00109. The van der Waals surface area contributed by atoms with Crippen LogP contribution in [0.15, 0.2) is 76.1 Å². The lowest BCUT2D eigenvalue weighted by Crippen LogP contribution is -2.43. The lowest BCUT2D eigenvalue weighted by atomic mass is 9.62. The highest BCUT2D eigenvalue weighted by molar-refractivity contribution is 7.99. The van der Waals surface area contributed by atoms with Gasteiger partial charge in [-0.05, 0) is 36.8 Å². The van der Waals surface area contributed by atoms with E-state index in [2.05, 4.69) is 40.6 Å². The van der Waals surface area contributed by atoms with Crippen molar-refractivity contribution in [2.24, 2.45) is 0 Å². The molecule has 194 valence electrons. The lowest BCUT2D eigenvalue weighted by molar-refractivity contribution is -0.113. The molecule has 2 heterocycles. The Balaban J connectivity index is 1.42. The molecule has 1 saturated carbocycles. The summed E-state index contributed by atoms with van der Waals surface area (Å²) in [7, 11) is 0. The largest absolute Gasteiger partial charge is 0.301 e. The Labute approximate surface area is 230 Å². The predicted octanol–water partition coefficient (Wildman–Crippen LogP) is 6.10. The van der Waals surface area contributed by atoms with Crippen LogP contribution in [0.1, 0.15) is 48.8 Å². The Morgan fingerprint density at radius 1 is 1.05 bits per heavy atom. The summed E-state index contributed by atoms with van der Waals surface area (Å²) in [6, 6.07) is 18.6. The number of nitrogens with zero attached hydrogens (tertiary/aromatic N) is 3. The number of amides is 1. The third-order valence-corrected chi connectivity index (χ3v) is 9.42. The fraction of sp³-hybridized carbons (Fsp3) is 0.333. The zero-order valence-electron chi connectivity index (χ0n) is 21.2. The molecule has 0 saturated heterocycles. The van der Waals surface area contributed by atoms with E-state index in [4.69, 9.17) is 4.98 Å². The summed E-state index contributed by atoms with van der Waals surface area (Å²) < 4.78 is 1.83. The van der Waals surface area contributed by atoms with Gasteiger partial charge in [0, 0.05) is 29.1 Å². The maximum atomic E-state index is 14.4. The smallest absolute Gasteiger partial charge is 0.258 e. The van der Waals surface area contributed by atoms with Crippen molar-refractivity contribution in [3.8, 4) is 11.3 Å². The molecule has 1 N–H and O–H groups in total. The van der Waals surface area contributed by atoms with Crippen LogP contribution in [0.3, 0.4) is 0 Å². The van der Waals surface area contributed by atoms with Gasteiger partial charge in [-0.1, -0.05) is 85.6 Å². The average molecular weight is 543 g/mol. The molecule has 38 heavy (non-hydrogen) atoms. The van der Waals surface area contributed by atoms with E-state index in [-0.39, 0.29) is 22.6 Å². The van der Waals surface area contributed by atoms with Crippen molar-refractivity contribution >= 4 is 34.1 Å². The first-order valence-corrected chi connectivity index (χ1v) is 15.1. The van der Waals surface area contributed by atoms with Gasteiger partial charge in [0.2, 0.25) is 5.91 Å². The Hall–Kier alpha value is -3.23. The van der Waals surface area contributed by atoms with Crippen molar-refractivity contribution in [3.63, 3.8) is 0 Å². The Morgan fingerprint density at radius 2 is 1.84 bits per heavy atom. The molecule has 2 aromatic carbocycles. The number of fused-ring (bicyclic) bond motifs is 4. The number of hydrogen-bond acceptors (Lipinski definition) is 6. The van der Waals surface area contributed by atoms with E-state index in [1.807, 2.05) is 34.2 Å². The number of nitrogens with one attached hydrogen (secondary N) is 1. The van der Waals surface area contributed by atoms with Crippen molar-refractivity contribution in [3.05, 3.63) is 93.2 Å². The van der Waals surface area contributed by atoms with Crippen LogP contribution in [0.4, 0.5) is 5.13 Å². The number of thioether (sulfide) groups is 1. The van der Waals surface area contributed by atoms with Gasteiger partial charge in [-0.15, -0.1) is 11.3 Å². The molecule has 2 aromatic heterocycles. The maximum absolute atomic E-state index is 14.4. The van der Waals surface area contributed by atoms with E-state index in [1.165, 1.54) is 40.6 Å². The van der Waals surface area contributed by atoms with Gasteiger partial charge in [0.1, 0.15) is 0 Å². The van der Waals surface area contributed by atoms with E-state index in [1.54, 1.807) is 6.20 Å². The van der Waals surface area contributed by atoms with Crippen LogP contribution in [-0.2, 0) is 29.6 Å². The predicted molar refractivity (Wildman–Crippen MR) is 154 cm³/mol. The molecule has 0 aliphatic heterocycles. The van der Waals surface area contributed by atoms with Crippen LogP contribution < -0.4 is 10.9 Å². The number of benzene rings is 2. The number of hydrogen-bond donors (Lipinski definition) is 1. The van der Waals surface area contributed by atoms with Crippen LogP contribution in [0, 0.1) is 0 Å². The van der Waals surface area contributed by atoms with Crippen LogP contribution >= 0.6 is 23.1 Å². The highest BCUT2D eigenvalue weighted by Crippen LogP contribution is 2.48. The Kier molecular flexibility index (Phi) is 7.17. The standard InChI is InChI=1S/C30H30N4O2S2/c35-24(32-28-31-16-18-37-28)20-38-29-33-26-23-12-6-5-11-22(23)19-30(14-7-2-8-15-30)25(26)27(36)34(29)17-13-21-9-3-1-4-10-21/h1,3-6,9-12,16,18H,2,7-8,13-15,17,19-20H2,(H,31,32,35). The normalized spacial score (nSPS) is 15.6. The summed E-state index contributed by atoms with van der Waals surface area (Å²) in [4.78, 5) is 36.5. The van der Waals surface area contributed by atoms with E-state index in [9.17, 15) is 9.59 Å². The summed E-state index contributed by atoms with van der Waals surface area (Å²) in [5, 5.41) is 5.84. The Bertz CT molecular complexity index is 1490. The molecule has 0 bridgehead atoms. The van der Waals surface area contributed by atoms with Gasteiger partial charge >= 0.3 is 0 Å². The number of carbonyl (C=O) groups is 1. The van der Waals surface area contributed by atoms with Gasteiger partial charge in [0.05, 0.1) is 17.0 Å². The molecular weight excluding hydrogens is 512 g/mol. The molecule has 0 radical (unpaired) electrons.